The molecule has 0 aromatic heterocycles. The predicted octanol–water partition coefficient (Wildman–Crippen LogP) is 2.26. The van der Waals surface area contributed by atoms with Gasteiger partial charge in [0.05, 0.1) is 19.1 Å². The molecule has 1 aromatic rings. The Morgan fingerprint density at radius 3 is 2.62 bits per heavy atom. The van der Waals surface area contributed by atoms with Crippen molar-refractivity contribution >= 4 is 5.91 Å². The number of carbonyl (C=O) groups excluding carboxylic acids is 1. The van der Waals surface area contributed by atoms with Crippen molar-refractivity contribution in [3.8, 4) is 0 Å². The Bertz CT molecular complexity index is 438. The molecule has 1 aromatic carbocycles. The van der Waals surface area contributed by atoms with Gasteiger partial charge in [0.1, 0.15) is 0 Å². The van der Waals surface area contributed by atoms with Gasteiger partial charge in [0.15, 0.2) is 0 Å². The largest absolute Gasteiger partial charge is 0.383 e. The molecule has 0 spiro atoms. The Labute approximate surface area is 127 Å². The van der Waals surface area contributed by atoms with Crippen LogP contribution < -0.4 is 0 Å². The number of benzene rings is 1. The predicted molar refractivity (Wildman–Crippen MR) is 82.0 cm³/mol. The van der Waals surface area contributed by atoms with E-state index in [1.807, 2.05) is 4.90 Å². The number of methoxy groups -OCH3 is 1. The first-order valence-electron chi connectivity index (χ1n) is 7.68. The Hall–Kier alpha value is -1.39. The minimum atomic E-state index is 0.0109. The van der Waals surface area contributed by atoms with E-state index >= 15 is 0 Å². The first-order chi connectivity index (χ1) is 10.2. The minimum Gasteiger partial charge on any atom is -0.383 e. The highest BCUT2D eigenvalue weighted by atomic mass is 16.5. The topological polar surface area (TPSA) is 38.8 Å². The highest BCUT2D eigenvalue weighted by Crippen LogP contribution is 2.17. The van der Waals surface area contributed by atoms with Gasteiger partial charge in [-0.2, -0.15) is 0 Å². The fraction of sp³-hybridized carbons (Fsp3) is 0.588. The SMILES string of the molecule is CCc1ccc(CN(CCOC)C(=O)[C@@H]2CCOC2)cc1. The molecule has 1 amide bonds. The zero-order valence-corrected chi connectivity index (χ0v) is 13.0. The first kappa shape index (κ1) is 16.0. The zero-order valence-electron chi connectivity index (χ0n) is 13.0. The average molecular weight is 291 g/mol. The van der Waals surface area contributed by atoms with Gasteiger partial charge in [-0.15, -0.1) is 0 Å². The average Bonchev–Trinajstić information content (AvgIpc) is 3.05. The molecular formula is C17H25NO3. The molecule has 0 unspecified atom stereocenters. The summed E-state index contributed by atoms with van der Waals surface area (Å²) in [6.07, 6.45) is 1.86. The van der Waals surface area contributed by atoms with Gasteiger partial charge in [0.25, 0.3) is 0 Å². The van der Waals surface area contributed by atoms with Gasteiger partial charge in [0.2, 0.25) is 5.91 Å². The molecular weight excluding hydrogens is 266 g/mol. The van der Waals surface area contributed by atoms with Crippen molar-refractivity contribution in [2.24, 2.45) is 5.92 Å². The van der Waals surface area contributed by atoms with Crippen molar-refractivity contribution in [1.82, 2.24) is 4.90 Å². The van der Waals surface area contributed by atoms with Crippen LogP contribution in [0.25, 0.3) is 0 Å². The quantitative estimate of drug-likeness (QED) is 0.773. The number of ether oxygens (including phenoxy) is 2. The van der Waals surface area contributed by atoms with E-state index in [1.165, 1.54) is 5.56 Å². The van der Waals surface area contributed by atoms with Gasteiger partial charge in [-0.3, -0.25) is 4.79 Å². The Kier molecular flexibility index (Phi) is 6.21. The summed E-state index contributed by atoms with van der Waals surface area (Å²) in [6.45, 7) is 5.22. The molecule has 0 radical (unpaired) electrons. The summed E-state index contributed by atoms with van der Waals surface area (Å²) in [6, 6.07) is 8.48. The third-order valence-corrected chi connectivity index (χ3v) is 3.96. The molecule has 4 heteroatoms. The normalized spacial score (nSPS) is 17.9. The van der Waals surface area contributed by atoms with E-state index < -0.39 is 0 Å². The first-order valence-corrected chi connectivity index (χ1v) is 7.68. The maximum atomic E-state index is 12.6. The summed E-state index contributed by atoms with van der Waals surface area (Å²) in [5.41, 5.74) is 2.48. The summed E-state index contributed by atoms with van der Waals surface area (Å²) in [5, 5.41) is 0. The molecule has 1 saturated heterocycles. The van der Waals surface area contributed by atoms with E-state index in [0.717, 1.165) is 18.4 Å². The third kappa shape index (κ3) is 4.55. The fourth-order valence-corrected chi connectivity index (χ4v) is 2.56. The summed E-state index contributed by atoms with van der Waals surface area (Å²) in [5.74, 6) is 0.195. The third-order valence-electron chi connectivity index (χ3n) is 3.96. The maximum Gasteiger partial charge on any atom is 0.228 e. The highest BCUT2D eigenvalue weighted by Gasteiger charge is 2.27. The summed E-state index contributed by atoms with van der Waals surface area (Å²) in [7, 11) is 1.66. The molecule has 1 aliphatic heterocycles. The monoisotopic (exact) mass is 291 g/mol. The fourth-order valence-electron chi connectivity index (χ4n) is 2.56. The lowest BCUT2D eigenvalue weighted by atomic mass is 10.1. The van der Waals surface area contributed by atoms with Crippen molar-refractivity contribution in [2.45, 2.75) is 26.3 Å². The van der Waals surface area contributed by atoms with Crippen LogP contribution in [0.1, 0.15) is 24.5 Å². The highest BCUT2D eigenvalue weighted by molar-refractivity contribution is 5.79. The van der Waals surface area contributed by atoms with Gasteiger partial charge < -0.3 is 14.4 Å². The zero-order chi connectivity index (χ0) is 15.1. The van der Waals surface area contributed by atoms with Crippen LogP contribution in [0.5, 0.6) is 0 Å². The Morgan fingerprint density at radius 1 is 1.33 bits per heavy atom. The molecule has 116 valence electrons. The molecule has 0 bridgehead atoms. The molecule has 1 fully saturated rings. The molecule has 0 aliphatic carbocycles. The Morgan fingerprint density at radius 2 is 2.05 bits per heavy atom. The molecule has 1 atom stereocenters. The number of hydrogen-bond donors (Lipinski definition) is 0. The summed E-state index contributed by atoms with van der Waals surface area (Å²) >= 11 is 0. The lowest BCUT2D eigenvalue weighted by molar-refractivity contribution is -0.136. The summed E-state index contributed by atoms with van der Waals surface area (Å²) in [4.78, 5) is 14.5. The van der Waals surface area contributed by atoms with Gasteiger partial charge in [-0.05, 0) is 24.0 Å². The van der Waals surface area contributed by atoms with Crippen LogP contribution in [0.3, 0.4) is 0 Å². The van der Waals surface area contributed by atoms with Gasteiger partial charge in [-0.25, -0.2) is 0 Å². The van der Waals surface area contributed by atoms with Crippen LogP contribution in [-0.2, 0) is 27.2 Å². The smallest absolute Gasteiger partial charge is 0.228 e. The van der Waals surface area contributed by atoms with E-state index in [1.54, 1.807) is 7.11 Å². The van der Waals surface area contributed by atoms with Crippen molar-refractivity contribution in [3.05, 3.63) is 35.4 Å². The number of amides is 1. The van der Waals surface area contributed by atoms with Crippen LogP contribution in [0.2, 0.25) is 0 Å². The minimum absolute atomic E-state index is 0.0109. The van der Waals surface area contributed by atoms with Gasteiger partial charge in [-0.1, -0.05) is 31.2 Å². The lowest BCUT2D eigenvalue weighted by Gasteiger charge is -2.25. The van der Waals surface area contributed by atoms with Crippen LogP contribution in [-0.4, -0.2) is 44.3 Å². The summed E-state index contributed by atoms with van der Waals surface area (Å²) < 4.78 is 10.5. The molecule has 1 aliphatic rings. The molecule has 0 N–H and O–H groups in total. The second-order valence-corrected chi connectivity index (χ2v) is 5.48. The Balaban J connectivity index is 2.01. The van der Waals surface area contributed by atoms with E-state index in [-0.39, 0.29) is 11.8 Å². The van der Waals surface area contributed by atoms with Crippen LogP contribution in [0.4, 0.5) is 0 Å². The lowest BCUT2D eigenvalue weighted by Crippen LogP contribution is -2.38. The van der Waals surface area contributed by atoms with Gasteiger partial charge >= 0.3 is 0 Å². The van der Waals surface area contributed by atoms with Crippen LogP contribution in [0.15, 0.2) is 24.3 Å². The van der Waals surface area contributed by atoms with Crippen LogP contribution in [0, 0.1) is 5.92 Å². The van der Waals surface area contributed by atoms with Crippen molar-refractivity contribution in [2.75, 3.05) is 33.5 Å². The van der Waals surface area contributed by atoms with E-state index in [0.29, 0.717) is 32.9 Å². The number of rotatable bonds is 7. The molecule has 2 rings (SSSR count). The maximum absolute atomic E-state index is 12.6. The van der Waals surface area contributed by atoms with E-state index in [4.69, 9.17) is 9.47 Å². The molecule has 21 heavy (non-hydrogen) atoms. The van der Waals surface area contributed by atoms with E-state index in [2.05, 4.69) is 31.2 Å². The van der Waals surface area contributed by atoms with Crippen LogP contribution >= 0.6 is 0 Å². The second kappa shape index (κ2) is 8.15. The standard InChI is InChI=1S/C17H25NO3/c1-3-14-4-6-15(7-5-14)12-18(9-11-20-2)17(19)16-8-10-21-13-16/h4-7,16H,3,8-13H2,1-2H3/t16-/m1/s1. The second-order valence-electron chi connectivity index (χ2n) is 5.48. The van der Waals surface area contributed by atoms with E-state index in [9.17, 15) is 4.79 Å². The van der Waals surface area contributed by atoms with Gasteiger partial charge in [0, 0.05) is 26.8 Å². The van der Waals surface area contributed by atoms with Crippen molar-refractivity contribution in [3.63, 3.8) is 0 Å². The number of nitrogens with zero attached hydrogens (tertiary/aromatic N) is 1. The molecule has 4 nitrogen and oxygen atoms in total. The molecule has 1 heterocycles. The van der Waals surface area contributed by atoms with Crippen molar-refractivity contribution < 1.29 is 14.3 Å². The number of hydrogen-bond acceptors (Lipinski definition) is 3. The number of aryl methyl sites for hydroxylation is 1. The number of carbonyl (C=O) groups is 1. The van der Waals surface area contributed by atoms with Crippen molar-refractivity contribution in [1.29, 1.82) is 0 Å². The molecule has 0 saturated carbocycles.